The van der Waals surface area contributed by atoms with Gasteiger partial charge < -0.3 is 9.84 Å². The van der Waals surface area contributed by atoms with Crippen molar-refractivity contribution in [2.45, 2.75) is 38.4 Å². The highest BCUT2D eigenvalue weighted by Crippen LogP contribution is 2.33. The van der Waals surface area contributed by atoms with Crippen LogP contribution >= 0.6 is 0 Å². The zero-order chi connectivity index (χ0) is 14.7. The van der Waals surface area contributed by atoms with Crippen LogP contribution in [0.25, 0.3) is 0 Å². The lowest BCUT2D eigenvalue weighted by Gasteiger charge is -2.26. The Labute approximate surface area is 126 Å². The standard InChI is InChI=1S/C19H22O2/c1-14-9-11-16(12-10-14)18(20)13-21-19-8-4-6-15-5-2-3-7-17(15)19/h2-3,5,7,9-12,18-20H,4,6,8,13H2,1H3. The molecule has 0 bridgehead atoms. The highest BCUT2D eigenvalue weighted by Gasteiger charge is 2.21. The minimum atomic E-state index is -0.556. The molecule has 0 spiro atoms. The Hall–Kier alpha value is -1.64. The number of rotatable bonds is 4. The summed E-state index contributed by atoms with van der Waals surface area (Å²) in [7, 11) is 0. The fourth-order valence-electron chi connectivity index (χ4n) is 2.97. The average Bonchev–Trinajstić information content (AvgIpc) is 2.53. The maximum absolute atomic E-state index is 10.3. The van der Waals surface area contributed by atoms with Crippen molar-refractivity contribution >= 4 is 0 Å². The molecule has 110 valence electrons. The van der Waals surface area contributed by atoms with Crippen LogP contribution in [0.5, 0.6) is 0 Å². The Morgan fingerprint density at radius 2 is 1.90 bits per heavy atom. The molecule has 0 fully saturated rings. The molecule has 2 heteroatoms. The molecular weight excluding hydrogens is 260 g/mol. The number of ether oxygens (including phenoxy) is 1. The monoisotopic (exact) mass is 282 g/mol. The molecule has 0 saturated carbocycles. The lowest BCUT2D eigenvalue weighted by Crippen LogP contribution is -2.16. The van der Waals surface area contributed by atoms with Crippen LogP contribution in [0.2, 0.25) is 0 Å². The molecule has 0 heterocycles. The van der Waals surface area contributed by atoms with Crippen LogP contribution < -0.4 is 0 Å². The van der Waals surface area contributed by atoms with E-state index in [9.17, 15) is 5.11 Å². The van der Waals surface area contributed by atoms with Gasteiger partial charge in [-0.05, 0) is 42.9 Å². The van der Waals surface area contributed by atoms with Gasteiger partial charge in [0.2, 0.25) is 0 Å². The van der Waals surface area contributed by atoms with E-state index >= 15 is 0 Å². The van der Waals surface area contributed by atoms with E-state index in [4.69, 9.17) is 4.74 Å². The van der Waals surface area contributed by atoms with E-state index in [-0.39, 0.29) is 6.10 Å². The molecule has 2 nitrogen and oxygen atoms in total. The van der Waals surface area contributed by atoms with Crippen LogP contribution in [0.4, 0.5) is 0 Å². The van der Waals surface area contributed by atoms with Crippen LogP contribution in [-0.4, -0.2) is 11.7 Å². The summed E-state index contributed by atoms with van der Waals surface area (Å²) in [5, 5.41) is 10.3. The van der Waals surface area contributed by atoms with Gasteiger partial charge in [-0.1, -0.05) is 54.1 Å². The average molecular weight is 282 g/mol. The molecule has 2 aromatic rings. The predicted octanol–water partition coefficient (Wildman–Crippen LogP) is 4.12. The van der Waals surface area contributed by atoms with Gasteiger partial charge >= 0.3 is 0 Å². The van der Waals surface area contributed by atoms with Gasteiger partial charge in [-0.3, -0.25) is 0 Å². The summed E-state index contributed by atoms with van der Waals surface area (Å²) in [5.74, 6) is 0. The van der Waals surface area contributed by atoms with Gasteiger partial charge in [0.15, 0.2) is 0 Å². The predicted molar refractivity (Wildman–Crippen MR) is 84.2 cm³/mol. The first-order valence-electron chi connectivity index (χ1n) is 7.68. The summed E-state index contributed by atoms with van der Waals surface area (Å²) >= 11 is 0. The van der Waals surface area contributed by atoms with Crippen LogP contribution in [0, 0.1) is 6.92 Å². The number of hydrogen-bond donors (Lipinski definition) is 1. The molecule has 1 aliphatic carbocycles. The molecule has 1 aliphatic rings. The molecule has 0 aromatic heterocycles. The number of fused-ring (bicyclic) bond motifs is 1. The largest absolute Gasteiger partial charge is 0.386 e. The second-order valence-electron chi connectivity index (χ2n) is 5.84. The van der Waals surface area contributed by atoms with E-state index < -0.39 is 6.10 Å². The van der Waals surface area contributed by atoms with Crippen molar-refractivity contribution in [2.24, 2.45) is 0 Å². The molecule has 2 atom stereocenters. The van der Waals surface area contributed by atoms with Gasteiger partial charge in [0.25, 0.3) is 0 Å². The molecule has 3 rings (SSSR count). The summed E-state index contributed by atoms with van der Waals surface area (Å²) in [4.78, 5) is 0. The van der Waals surface area contributed by atoms with Crippen molar-refractivity contribution < 1.29 is 9.84 Å². The van der Waals surface area contributed by atoms with E-state index in [1.165, 1.54) is 16.7 Å². The Morgan fingerprint density at radius 1 is 1.14 bits per heavy atom. The molecular formula is C19H22O2. The van der Waals surface area contributed by atoms with Crippen molar-refractivity contribution in [3.8, 4) is 0 Å². The van der Waals surface area contributed by atoms with Crippen LogP contribution in [0.3, 0.4) is 0 Å². The number of aliphatic hydroxyl groups excluding tert-OH is 1. The zero-order valence-corrected chi connectivity index (χ0v) is 12.5. The highest BCUT2D eigenvalue weighted by atomic mass is 16.5. The molecule has 0 aliphatic heterocycles. The Bertz CT molecular complexity index is 589. The molecule has 0 amide bonds. The van der Waals surface area contributed by atoms with Gasteiger partial charge in [-0.2, -0.15) is 0 Å². The topological polar surface area (TPSA) is 29.5 Å². The maximum atomic E-state index is 10.3. The van der Waals surface area contributed by atoms with Gasteiger partial charge in [0.05, 0.1) is 12.7 Å². The third kappa shape index (κ3) is 3.34. The lowest BCUT2D eigenvalue weighted by atomic mass is 9.89. The van der Waals surface area contributed by atoms with Crippen molar-refractivity contribution in [3.05, 3.63) is 70.8 Å². The van der Waals surface area contributed by atoms with Gasteiger partial charge in [-0.25, -0.2) is 0 Å². The molecule has 2 aromatic carbocycles. The fourth-order valence-corrected chi connectivity index (χ4v) is 2.97. The van der Waals surface area contributed by atoms with Crippen LogP contribution in [-0.2, 0) is 11.2 Å². The van der Waals surface area contributed by atoms with E-state index in [0.717, 1.165) is 24.8 Å². The molecule has 0 saturated heterocycles. The lowest BCUT2D eigenvalue weighted by molar-refractivity contribution is -0.0183. The third-order valence-corrected chi connectivity index (χ3v) is 4.23. The van der Waals surface area contributed by atoms with Crippen LogP contribution in [0.1, 0.15) is 47.3 Å². The molecule has 21 heavy (non-hydrogen) atoms. The summed E-state index contributed by atoms with van der Waals surface area (Å²) in [6, 6.07) is 16.5. The van der Waals surface area contributed by atoms with E-state index in [2.05, 4.69) is 24.3 Å². The molecule has 1 N–H and O–H groups in total. The third-order valence-electron chi connectivity index (χ3n) is 4.23. The maximum Gasteiger partial charge on any atom is 0.102 e. The summed E-state index contributed by atoms with van der Waals surface area (Å²) in [6.45, 7) is 2.40. The van der Waals surface area contributed by atoms with Crippen LogP contribution in [0.15, 0.2) is 48.5 Å². The number of aliphatic hydroxyl groups is 1. The van der Waals surface area contributed by atoms with E-state index in [0.29, 0.717) is 6.61 Å². The van der Waals surface area contributed by atoms with Gasteiger partial charge in [0.1, 0.15) is 6.10 Å². The Balaban J connectivity index is 1.64. The highest BCUT2D eigenvalue weighted by molar-refractivity contribution is 5.31. The fraction of sp³-hybridized carbons (Fsp3) is 0.368. The zero-order valence-electron chi connectivity index (χ0n) is 12.5. The van der Waals surface area contributed by atoms with Crippen molar-refractivity contribution in [3.63, 3.8) is 0 Å². The van der Waals surface area contributed by atoms with Crippen molar-refractivity contribution in [1.29, 1.82) is 0 Å². The minimum absolute atomic E-state index is 0.120. The smallest absolute Gasteiger partial charge is 0.102 e. The number of aryl methyl sites for hydroxylation is 2. The Morgan fingerprint density at radius 3 is 2.71 bits per heavy atom. The SMILES string of the molecule is Cc1ccc(C(O)COC2CCCc3ccccc32)cc1. The second kappa shape index (κ2) is 6.42. The van der Waals surface area contributed by atoms with Gasteiger partial charge in [0, 0.05) is 0 Å². The van der Waals surface area contributed by atoms with Crippen molar-refractivity contribution in [1.82, 2.24) is 0 Å². The summed E-state index contributed by atoms with van der Waals surface area (Å²) < 4.78 is 6.01. The number of hydrogen-bond acceptors (Lipinski definition) is 2. The molecule has 0 radical (unpaired) electrons. The second-order valence-corrected chi connectivity index (χ2v) is 5.84. The quantitative estimate of drug-likeness (QED) is 0.914. The van der Waals surface area contributed by atoms with Crippen molar-refractivity contribution in [2.75, 3.05) is 6.61 Å². The first-order valence-corrected chi connectivity index (χ1v) is 7.68. The Kier molecular flexibility index (Phi) is 4.37. The van der Waals surface area contributed by atoms with Gasteiger partial charge in [-0.15, -0.1) is 0 Å². The first kappa shape index (κ1) is 14.3. The summed E-state index contributed by atoms with van der Waals surface area (Å²) in [5.41, 5.74) is 4.80. The molecule has 2 unspecified atom stereocenters. The van der Waals surface area contributed by atoms with E-state index in [1.807, 2.05) is 31.2 Å². The minimum Gasteiger partial charge on any atom is -0.386 e. The number of benzene rings is 2. The summed E-state index contributed by atoms with van der Waals surface area (Å²) in [6.07, 6.45) is 2.89. The van der Waals surface area contributed by atoms with E-state index in [1.54, 1.807) is 0 Å². The first-order chi connectivity index (χ1) is 10.2. The normalized spacial score (nSPS) is 19.0.